The van der Waals surface area contributed by atoms with Crippen molar-refractivity contribution < 1.29 is 0 Å². The molecule has 0 bridgehead atoms. The minimum atomic E-state index is -0.441. The Labute approximate surface area is 344 Å². The van der Waals surface area contributed by atoms with Gasteiger partial charge in [0.2, 0.25) is 0 Å². The van der Waals surface area contributed by atoms with Gasteiger partial charge in [-0.15, -0.1) is 0 Å². The smallest absolute Gasteiger partial charge is 0.0726 e. The lowest BCUT2D eigenvalue weighted by atomic mass is 9.70. The van der Waals surface area contributed by atoms with Crippen molar-refractivity contribution in [1.82, 2.24) is 0 Å². The van der Waals surface area contributed by atoms with Crippen LogP contribution < -0.4 is 4.90 Å². The molecular weight excluding hydrogens is 711 g/mol. The van der Waals surface area contributed by atoms with Crippen molar-refractivity contribution in [3.05, 3.63) is 234 Å². The van der Waals surface area contributed by atoms with E-state index in [-0.39, 0.29) is 5.41 Å². The van der Waals surface area contributed by atoms with Crippen LogP contribution in [0, 0.1) is 0 Å². The average molecular weight is 750 g/mol. The molecule has 10 aromatic carbocycles. The van der Waals surface area contributed by atoms with Crippen LogP contribution in [-0.2, 0) is 10.8 Å². The topological polar surface area (TPSA) is 3.24 Å². The summed E-state index contributed by atoms with van der Waals surface area (Å²) in [7, 11) is 0. The largest absolute Gasteiger partial charge is 0.310 e. The molecule has 276 valence electrons. The van der Waals surface area contributed by atoms with E-state index in [0.29, 0.717) is 0 Å². The number of anilines is 3. The first-order valence-corrected chi connectivity index (χ1v) is 20.9. The molecule has 1 heteroatoms. The van der Waals surface area contributed by atoms with Crippen LogP contribution >= 0.6 is 0 Å². The third kappa shape index (κ3) is 4.14. The number of hydrogen-bond donors (Lipinski definition) is 0. The van der Waals surface area contributed by atoms with Gasteiger partial charge in [0.1, 0.15) is 0 Å². The van der Waals surface area contributed by atoms with Crippen LogP contribution in [0.5, 0.6) is 0 Å². The van der Waals surface area contributed by atoms with Gasteiger partial charge in [-0.25, -0.2) is 0 Å². The molecule has 10 aromatic rings. The number of fused-ring (bicyclic) bond motifs is 19. The van der Waals surface area contributed by atoms with E-state index in [9.17, 15) is 0 Å². The van der Waals surface area contributed by atoms with Crippen LogP contribution in [0.15, 0.2) is 200 Å². The molecule has 1 spiro atoms. The Kier molecular flexibility index (Phi) is 6.50. The zero-order valence-corrected chi connectivity index (χ0v) is 33.0. The van der Waals surface area contributed by atoms with E-state index in [1.807, 2.05) is 0 Å². The zero-order chi connectivity index (χ0) is 39.0. The summed E-state index contributed by atoms with van der Waals surface area (Å²) in [5.74, 6) is 0. The molecular formula is C58H39N. The summed E-state index contributed by atoms with van der Waals surface area (Å²) in [5.41, 5.74) is 19.0. The predicted molar refractivity (Wildman–Crippen MR) is 248 cm³/mol. The predicted octanol–water partition coefficient (Wildman–Crippen LogP) is 15.3. The van der Waals surface area contributed by atoms with Crippen molar-refractivity contribution >= 4 is 49.4 Å². The van der Waals surface area contributed by atoms with Crippen LogP contribution in [-0.4, -0.2) is 0 Å². The second-order valence-corrected chi connectivity index (χ2v) is 17.1. The van der Waals surface area contributed by atoms with Crippen LogP contribution in [0.25, 0.3) is 65.7 Å². The molecule has 0 unspecified atom stereocenters. The van der Waals surface area contributed by atoms with E-state index >= 15 is 0 Å². The second kappa shape index (κ2) is 11.7. The van der Waals surface area contributed by atoms with Gasteiger partial charge in [0, 0.05) is 22.2 Å². The highest BCUT2D eigenvalue weighted by Gasteiger charge is 2.51. The first-order valence-electron chi connectivity index (χ1n) is 20.9. The summed E-state index contributed by atoms with van der Waals surface area (Å²) >= 11 is 0. The molecule has 3 aliphatic carbocycles. The molecule has 0 saturated carbocycles. The van der Waals surface area contributed by atoms with Gasteiger partial charge in [0.25, 0.3) is 0 Å². The fourth-order valence-electron chi connectivity index (χ4n) is 11.6. The molecule has 0 saturated heterocycles. The van der Waals surface area contributed by atoms with Gasteiger partial charge in [-0.1, -0.05) is 184 Å². The van der Waals surface area contributed by atoms with E-state index in [1.165, 1.54) is 105 Å². The zero-order valence-electron chi connectivity index (χ0n) is 33.0. The number of rotatable bonds is 3. The molecule has 0 radical (unpaired) electrons. The first kappa shape index (κ1) is 32.8. The van der Waals surface area contributed by atoms with Gasteiger partial charge in [0.05, 0.1) is 11.1 Å². The van der Waals surface area contributed by atoms with Crippen molar-refractivity contribution in [3.63, 3.8) is 0 Å². The van der Waals surface area contributed by atoms with Crippen LogP contribution in [0.4, 0.5) is 17.1 Å². The molecule has 0 amide bonds. The molecule has 3 aliphatic rings. The lowest BCUT2D eigenvalue weighted by molar-refractivity contribution is 0.660. The maximum Gasteiger partial charge on any atom is 0.0726 e. The summed E-state index contributed by atoms with van der Waals surface area (Å²) in [6.45, 7) is 4.73. The molecule has 0 atom stereocenters. The highest BCUT2D eigenvalue weighted by atomic mass is 15.1. The molecule has 59 heavy (non-hydrogen) atoms. The van der Waals surface area contributed by atoms with Crippen molar-refractivity contribution in [3.8, 4) is 33.4 Å². The average Bonchev–Trinajstić information content (AvgIpc) is 3.85. The van der Waals surface area contributed by atoms with Crippen LogP contribution in [0.3, 0.4) is 0 Å². The van der Waals surface area contributed by atoms with Gasteiger partial charge in [-0.3, -0.25) is 0 Å². The first-order chi connectivity index (χ1) is 29.0. The summed E-state index contributed by atoms with van der Waals surface area (Å²) in [6, 6.07) is 75.6. The quantitative estimate of drug-likeness (QED) is 0.163. The fraction of sp³-hybridized carbons (Fsp3) is 0.0690. The van der Waals surface area contributed by atoms with Crippen molar-refractivity contribution in [2.75, 3.05) is 4.90 Å². The van der Waals surface area contributed by atoms with Gasteiger partial charge in [0.15, 0.2) is 0 Å². The monoisotopic (exact) mass is 749 g/mol. The van der Waals surface area contributed by atoms with E-state index in [0.717, 1.165) is 11.4 Å². The van der Waals surface area contributed by atoms with Gasteiger partial charge in [-0.2, -0.15) is 0 Å². The fourth-order valence-corrected chi connectivity index (χ4v) is 11.6. The highest BCUT2D eigenvalue weighted by Crippen LogP contribution is 2.63. The van der Waals surface area contributed by atoms with Crippen molar-refractivity contribution in [2.24, 2.45) is 0 Å². The van der Waals surface area contributed by atoms with Gasteiger partial charge in [-0.05, 0) is 124 Å². The Hall–Kier alpha value is -7.22. The van der Waals surface area contributed by atoms with Gasteiger partial charge >= 0.3 is 0 Å². The Morgan fingerprint density at radius 3 is 1.31 bits per heavy atom. The van der Waals surface area contributed by atoms with Crippen molar-refractivity contribution in [1.29, 1.82) is 0 Å². The molecule has 0 heterocycles. The Morgan fingerprint density at radius 1 is 0.305 bits per heavy atom. The minimum absolute atomic E-state index is 0.0845. The molecule has 1 nitrogen and oxygen atoms in total. The summed E-state index contributed by atoms with van der Waals surface area (Å²) in [6.07, 6.45) is 0. The van der Waals surface area contributed by atoms with E-state index in [1.54, 1.807) is 0 Å². The molecule has 0 aliphatic heterocycles. The lowest BCUT2D eigenvalue weighted by Crippen LogP contribution is -2.26. The van der Waals surface area contributed by atoms with E-state index in [4.69, 9.17) is 0 Å². The van der Waals surface area contributed by atoms with Crippen molar-refractivity contribution in [2.45, 2.75) is 24.7 Å². The summed E-state index contributed by atoms with van der Waals surface area (Å²) < 4.78 is 0. The molecule has 0 aromatic heterocycles. The second-order valence-electron chi connectivity index (χ2n) is 17.1. The number of hydrogen-bond acceptors (Lipinski definition) is 1. The molecule has 0 fully saturated rings. The standard InChI is InChI=1S/C58H39N/c1-57(2)49-25-11-7-22-44(49)48-34-36(31-33-50(48)57)59(55-29-15-24-47-40-17-4-3-16-38(40)39-18-5-6-23-46(39)56(47)55)37-30-32-45-43-21-10-14-28-53(43)58(54(45)35-37)51-26-12-8-19-41(51)42-20-9-13-27-52(42)58/h3-35H,1-2H3. The molecule has 13 rings (SSSR count). The van der Waals surface area contributed by atoms with Gasteiger partial charge < -0.3 is 4.90 Å². The SMILES string of the molecule is CC1(C)c2ccccc2-c2cc(N(c3ccc4c(c3)C3(c5ccccc5-c5ccccc53)c3ccccc3-4)c3cccc4c5ccccc5c5ccccc5c34)ccc21. The Morgan fingerprint density at radius 2 is 0.712 bits per heavy atom. The normalized spacial score (nSPS) is 14.5. The van der Waals surface area contributed by atoms with E-state index in [2.05, 4.69) is 219 Å². The van der Waals surface area contributed by atoms with E-state index < -0.39 is 5.41 Å². The maximum absolute atomic E-state index is 2.56. The third-order valence-corrected chi connectivity index (χ3v) is 14.1. The third-order valence-electron chi connectivity index (χ3n) is 14.1. The Bertz CT molecular complexity index is 3330. The highest BCUT2D eigenvalue weighted by molar-refractivity contribution is 6.28. The summed E-state index contributed by atoms with van der Waals surface area (Å²) in [5, 5.41) is 7.62. The lowest BCUT2D eigenvalue weighted by Gasteiger charge is -2.33. The molecule has 0 N–H and O–H groups in total. The summed E-state index contributed by atoms with van der Waals surface area (Å²) in [4.78, 5) is 2.56. The minimum Gasteiger partial charge on any atom is -0.310 e. The number of nitrogens with zero attached hydrogens (tertiary/aromatic N) is 1. The number of benzene rings is 10. The van der Waals surface area contributed by atoms with Crippen LogP contribution in [0.2, 0.25) is 0 Å². The maximum atomic E-state index is 2.56. The Balaban J connectivity index is 1.15. The van der Waals surface area contributed by atoms with Crippen LogP contribution in [0.1, 0.15) is 47.2 Å².